The summed E-state index contributed by atoms with van der Waals surface area (Å²) in [6.45, 7) is 5.67. The molecule has 2 atom stereocenters. The standard InChI is InChI=1S/C14H25NO3/c1-14(2,3)18-13(17)15-11(9-16)12(15)10-7-5-4-6-8-10/h10-12,16H,4-9H2,1-3H3/t11-,12-,15?/m1/s1. The van der Waals surface area contributed by atoms with E-state index in [0.29, 0.717) is 5.92 Å². The number of carbonyl (C=O) groups is 1. The molecule has 1 heterocycles. The smallest absolute Gasteiger partial charge is 0.411 e. The second-order valence-electron chi connectivity index (χ2n) is 6.53. The van der Waals surface area contributed by atoms with Gasteiger partial charge in [0.25, 0.3) is 0 Å². The van der Waals surface area contributed by atoms with Gasteiger partial charge in [0.2, 0.25) is 0 Å². The zero-order chi connectivity index (χ0) is 13.3. The Morgan fingerprint density at radius 3 is 2.39 bits per heavy atom. The van der Waals surface area contributed by atoms with Gasteiger partial charge in [0.05, 0.1) is 18.7 Å². The fourth-order valence-corrected chi connectivity index (χ4v) is 3.09. The highest BCUT2D eigenvalue weighted by Crippen LogP contribution is 2.42. The van der Waals surface area contributed by atoms with Gasteiger partial charge in [-0.15, -0.1) is 0 Å². The minimum Gasteiger partial charge on any atom is -0.444 e. The Balaban J connectivity index is 1.94. The molecule has 2 rings (SSSR count). The lowest BCUT2D eigenvalue weighted by Gasteiger charge is -2.23. The summed E-state index contributed by atoms with van der Waals surface area (Å²) in [6, 6.07) is 0.202. The van der Waals surface area contributed by atoms with E-state index in [1.165, 1.54) is 32.1 Å². The van der Waals surface area contributed by atoms with E-state index >= 15 is 0 Å². The molecular weight excluding hydrogens is 230 g/mol. The highest BCUT2D eigenvalue weighted by atomic mass is 16.6. The van der Waals surface area contributed by atoms with Crippen LogP contribution in [-0.4, -0.2) is 40.4 Å². The molecular formula is C14H25NO3. The Labute approximate surface area is 109 Å². The molecule has 1 amide bonds. The van der Waals surface area contributed by atoms with Crippen LogP contribution in [0.5, 0.6) is 0 Å². The van der Waals surface area contributed by atoms with E-state index in [-0.39, 0.29) is 24.8 Å². The van der Waals surface area contributed by atoms with Crippen LogP contribution in [0, 0.1) is 5.92 Å². The summed E-state index contributed by atoms with van der Waals surface area (Å²) >= 11 is 0. The van der Waals surface area contributed by atoms with E-state index in [1.54, 1.807) is 4.90 Å². The summed E-state index contributed by atoms with van der Waals surface area (Å²) in [6.07, 6.45) is 5.90. The molecule has 0 aromatic carbocycles. The van der Waals surface area contributed by atoms with Crippen molar-refractivity contribution in [1.82, 2.24) is 4.90 Å². The molecule has 4 nitrogen and oxygen atoms in total. The molecule has 0 bridgehead atoms. The number of carbonyl (C=O) groups excluding carboxylic acids is 1. The van der Waals surface area contributed by atoms with Gasteiger partial charge >= 0.3 is 6.09 Å². The lowest BCUT2D eigenvalue weighted by molar-refractivity contribution is 0.0370. The van der Waals surface area contributed by atoms with Crippen molar-refractivity contribution < 1.29 is 14.6 Å². The molecule has 2 aliphatic rings. The van der Waals surface area contributed by atoms with Gasteiger partial charge in [-0.05, 0) is 39.5 Å². The largest absolute Gasteiger partial charge is 0.444 e. The minimum absolute atomic E-state index is 0.0112. The van der Waals surface area contributed by atoms with Gasteiger partial charge in [-0.1, -0.05) is 19.3 Å². The van der Waals surface area contributed by atoms with Crippen molar-refractivity contribution >= 4 is 6.09 Å². The third-order valence-corrected chi connectivity index (χ3v) is 3.91. The Morgan fingerprint density at radius 2 is 1.89 bits per heavy atom. The molecule has 104 valence electrons. The van der Waals surface area contributed by atoms with E-state index in [4.69, 9.17) is 4.74 Å². The van der Waals surface area contributed by atoms with Crippen LogP contribution in [0.3, 0.4) is 0 Å². The number of hydrogen-bond acceptors (Lipinski definition) is 3. The van der Waals surface area contributed by atoms with E-state index in [1.807, 2.05) is 20.8 Å². The molecule has 1 saturated carbocycles. The predicted octanol–water partition coefficient (Wildman–Crippen LogP) is 2.55. The zero-order valence-corrected chi connectivity index (χ0v) is 11.7. The van der Waals surface area contributed by atoms with Crippen LogP contribution in [-0.2, 0) is 4.74 Å². The summed E-state index contributed by atoms with van der Waals surface area (Å²) in [5, 5.41) is 9.38. The van der Waals surface area contributed by atoms with Gasteiger partial charge in [-0.3, -0.25) is 4.90 Å². The third-order valence-electron chi connectivity index (χ3n) is 3.91. The normalized spacial score (nSPS) is 29.2. The van der Waals surface area contributed by atoms with Crippen LogP contribution >= 0.6 is 0 Å². The Kier molecular flexibility index (Phi) is 3.85. The maximum Gasteiger partial charge on any atom is 0.411 e. The molecule has 1 N–H and O–H groups in total. The summed E-state index contributed by atoms with van der Waals surface area (Å²) in [4.78, 5) is 13.8. The van der Waals surface area contributed by atoms with Crippen LogP contribution in [0.2, 0.25) is 0 Å². The number of nitrogens with zero attached hydrogens (tertiary/aromatic N) is 1. The van der Waals surface area contributed by atoms with Crippen molar-refractivity contribution in [3.63, 3.8) is 0 Å². The second-order valence-corrected chi connectivity index (χ2v) is 6.53. The molecule has 4 heteroatoms. The molecule has 0 aromatic rings. The lowest BCUT2D eigenvalue weighted by Crippen LogP contribution is -2.29. The van der Waals surface area contributed by atoms with E-state index in [2.05, 4.69) is 0 Å². The monoisotopic (exact) mass is 255 g/mol. The van der Waals surface area contributed by atoms with Crippen LogP contribution in [0.1, 0.15) is 52.9 Å². The first-order chi connectivity index (χ1) is 8.44. The van der Waals surface area contributed by atoms with Crippen molar-refractivity contribution in [2.75, 3.05) is 6.61 Å². The summed E-state index contributed by atoms with van der Waals surface area (Å²) < 4.78 is 5.39. The van der Waals surface area contributed by atoms with Crippen molar-refractivity contribution in [3.05, 3.63) is 0 Å². The Bertz CT molecular complexity index is 305. The molecule has 0 aromatic heterocycles. The third kappa shape index (κ3) is 2.97. The average Bonchev–Trinajstić information content (AvgIpc) is 3.02. The Morgan fingerprint density at radius 1 is 1.28 bits per heavy atom. The van der Waals surface area contributed by atoms with Crippen LogP contribution in [0.15, 0.2) is 0 Å². The molecule has 0 radical (unpaired) electrons. The summed E-state index contributed by atoms with van der Waals surface area (Å²) in [7, 11) is 0. The first kappa shape index (κ1) is 13.7. The minimum atomic E-state index is -0.462. The van der Waals surface area contributed by atoms with Gasteiger partial charge in [0, 0.05) is 0 Å². The van der Waals surface area contributed by atoms with E-state index < -0.39 is 5.60 Å². The zero-order valence-electron chi connectivity index (χ0n) is 11.7. The molecule has 0 unspecified atom stereocenters. The fraction of sp³-hybridized carbons (Fsp3) is 0.929. The van der Waals surface area contributed by atoms with Crippen LogP contribution in [0.4, 0.5) is 4.79 Å². The van der Waals surface area contributed by atoms with Crippen molar-refractivity contribution in [3.8, 4) is 0 Å². The molecule has 1 aliphatic heterocycles. The maximum atomic E-state index is 12.0. The van der Waals surface area contributed by atoms with Crippen molar-refractivity contribution in [2.45, 2.75) is 70.6 Å². The predicted molar refractivity (Wildman–Crippen MR) is 69.3 cm³/mol. The van der Waals surface area contributed by atoms with E-state index in [9.17, 15) is 9.90 Å². The quantitative estimate of drug-likeness (QED) is 0.771. The SMILES string of the molecule is CC(C)(C)OC(=O)N1[C@H](CO)[C@H]1C1CCCCC1. The molecule has 0 spiro atoms. The van der Waals surface area contributed by atoms with Gasteiger partial charge in [0.1, 0.15) is 5.60 Å². The fourth-order valence-electron chi connectivity index (χ4n) is 3.09. The lowest BCUT2D eigenvalue weighted by atomic mass is 9.86. The summed E-state index contributed by atoms with van der Waals surface area (Å²) in [5.74, 6) is 0.559. The van der Waals surface area contributed by atoms with E-state index in [0.717, 1.165) is 0 Å². The van der Waals surface area contributed by atoms with Crippen molar-refractivity contribution in [1.29, 1.82) is 0 Å². The number of hydrogen-bond donors (Lipinski definition) is 1. The average molecular weight is 255 g/mol. The number of rotatable bonds is 2. The van der Waals surface area contributed by atoms with Crippen LogP contribution in [0.25, 0.3) is 0 Å². The molecule has 1 saturated heterocycles. The maximum absolute atomic E-state index is 12.0. The number of ether oxygens (including phenoxy) is 1. The van der Waals surface area contributed by atoms with Crippen molar-refractivity contribution in [2.24, 2.45) is 5.92 Å². The topological polar surface area (TPSA) is 49.5 Å². The molecule has 1 aliphatic carbocycles. The second kappa shape index (κ2) is 5.08. The number of aliphatic hydroxyl groups is 1. The molecule has 18 heavy (non-hydrogen) atoms. The van der Waals surface area contributed by atoms with Gasteiger partial charge in [0.15, 0.2) is 0 Å². The Hall–Kier alpha value is -0.770. The van der Waals surface area contributed by atoms with Gasteiger partial charge in [-0.2, -0.15) is 0 Å². The van der Waals surface area contributed by atoms with Crippen LogP contribution < -0.4 is 0 Å². The summed E-state index contributed by atoms with van der Waals surface area (Å²) in [5.41, 5.74) is -0.462. The highest BCUT2D eigenvalue weighted by molar-refractivity contribution is 5.72. The highest BCUT2D eigenvalue weighted by Gasteiger charge is 2.55. The number of aliphatic hydroxyl groups excluding tert-OH is 1. The first-order valence-electron chi connectivity index (χ1n) is 7.06. The molecule has 2 fully saturated rings. The van der Waals surface area contributed by atoms with Gasteiger partial charge in [-0.25, -0.2) is 4.79 Å². The van der Waals surface area contributed by atoms with Gasteiger partial charge < -0.3 is 9.84 Å². The number of amides is 1. The first-order valence-corrected chi connectivity index (χ1v) is 7.06.